The molecule has 1 aromatic carbocycles. The number of benzene rings is 1. The summed E-state index contributed by atoms with van der Waals surface area (Å²) in [7, 11) is 0. The number of carbonyl (C=O) groups is 1. The summed E-state index contributed by atoms with van der Waals surface area (Å²) in [6, 6.07) is 9.72. The molecule has 1 rings (SSSR count). The van der Waals surface area contributed by atoms with E-state index >= 15 is 0 Å². The van der Waals surface area contributed by atoms with E-state index in [0.717, 1.165) is 5.56 Å². The van der Waals surface area contributed by atoms with Crippen LogP contribution in [0, 0.1) is 12.3 Å². The van der Waals surface area contributed by atoms with Crippen molar-refractivity contribution >= 4 is 12.0 Å². The van der Waals surface area contributed by atoms with E-state index in [4.69, 9.17) is 6.42 Å². The van der Waals surface area contributed by atoms with E-state index < -0.39 is 0 Å². The first kappa shape index (κ1) is 14.1. The van der Waals surface area contributed by atoms with Gasteiger partial charge in [-0.1, -0.05) is 36.3 Å². The van der Waals surface area contributed by atoms with Crippen molar-refractivity contribution in [3.05, 3.63) is 42.0 Å². The standard InChI is InChI=1S/C16H19NO/c1-5-13-17(16(2,3)4)15(18)12-11-14-9-7-6-8-10-14/h1,6-12H,13H2,2-4H3/b12-11+. The molecule has 0 radical (unpaired) electrons. The Balaban J connectivity index is 2.80. The summed E-state index contributed by atoms with van der Waals surface area (Å²) >= 11 is 0. The van der Waals surface area contributed by atoms with Crippen LogP contribution < -0.4 is 0 Å². The summed E-state index contributed by atoms with van der Waals surface area (Å²) in [6.45, 7) is 6.23. The van der Waals surface area contributed by atoms with Gasteiger partial charge in [0, 0.05) is 11.6 Å². The van der Waals surface area contributed by atoms with E-state index in [-0.39, 0.29) is 11.4 Å². The van der Waals surface area contributed by atoms with Crippen molar-refractivity contribution < 1.29 is 4.79 Å². The van der Waals surface area contributed by atoms with Crippen LogP contribution >= 0.6 is 0 Å². The Kier molecular flexibility index (Phi) is 4.74. The van der Waals surface area contributed by atoms with Crippen molar-refractivity contribution in [2.24, 2.45) is 0 Å². The molecule has 1 amide bonds. The molecule has 94 valence electrons. The predicted molar refractivity (Wildman–Crippen MR) is 75.8 cm³/mol. The van der Waals surface area contributed by atoms with Gasteiger partial charge in [0.05, 0.1) is 6.54 Å². The van der Waals surface area contributed by atoms with Gasteiger partial charge in [-0.15, -0.1) is 6.42 Å². The second-order valence-electron chi connectivity index (χ2n) is 5.04. The lowest BCUT2D eigenvalue weighted by Gasteiger charge is -2.33. The number of amides is 1. The van der Waals surface area contributed by atoms with Gasteiger partial charge in [0.25, 0.3) is 0 Å². The second-order valence-corrected chi connectivity index (χ2v) is 5.04. The van der Waals surface area contributed by atoms with Gasteiger partial charge in [-0.3, -0.25) is 4.79 Å². The molecule has 0 bridgehead atoms. The minimum atomic E-state index is -0.273. The molecule has 0 aromatic heterocycles. The average molecular weight is 241 g/mol. The number of hydrogen-bond donors (Lipinski definition) is 0. The molecule has 0 N–H and O–H groups in total. The molecule has 0 spiro atoms. The van der Waals surface area contributed by atoms with E-state index in [9.17, 15) is 4.79 Å². The quantitative estimate of drug-likeness (QED) is 0.588. The molecule has 0 fully saturated rings. The first-order valence-electron chi connectivity index (χ1n) is 5.93. The number of carbonyl (C=O) groups excluding carboxylic acids is 1. The Labute approximate surface area is 109 Å². The molecule has 0 saturated carbocycles. The maximum absolute atomic E-state index is 12.1. The molecular formula is C16H19NO. The number of rotatable bonds is 3. The van der Waals surface area contributed by atoms with Crippen LogP contribution in [0.3, 0.4) is 0 Å². The zero-order valence-electron chi connectivity index (χ0n) is 11.2. The van der Waals surface area contributed by atoms with E-state index in [0.29, 0.717) is 6.54 Å². The molecule has 0 atom stereocenters. The molecule has 0 saturated heterocycles. The van der Waals surface area contributed by atoms with E-state index in [1.165, 1.54) is 0 Å². The fraction of sp³-hybridized carbons (Fsp3) is 0.312. The van der Waals surface area contributed by atoms with Crippen LogP contribution in [0.2, 0.25) is 0 Å². The van der Waals surface area contributed by atoms with Gasteiger partial charge in [0.2, 0.25) is 5.91 Å². The SMILES string of the molecule is C#CCN(C(=O)/C=C/c1ccccc1)C(C)(C)C. The number of terminal acetylenes is 1. The van der Waals surface area contributed by atoms with Crippen molar-refractivity contribution in [2.45, 2.75) is 26.3 Å². The smallest absolute Gasteiger partial charge is 0.247 e. The van der Waals surface area contributed by atoms with Crippen molar-refractivity contribution in [3.63, 3.8) is 0 Å². The van der Waals surface area contributed by atoms with Crippen LogP contribution in [-0.2, 0) is 4.79 Å². The largest absolute Gasteiger partial charge is 0.323 e. The number of hydrogen-bond acceptors (Lipinski definition) is 1. The van der Waals surface area contributed by atoms with Gasteiger partial charge in [0.1, 0.15) is 0 Å². The molecule has 0 unspecified atom stereocenters. The normalized spacial score (nSPS) is 11.2. The van der Waals surface area contributed by atoms with Gasteiger partial charge < -0.3 is 4.90 Å². The third-order valence-corrected chi connectivity index (χ3v) is 2.54. The molecule has 1 aromatic rings. The lowest BCUT2D eigenvalue weighted by atomic mass is 10.1. The summed E-state index contributed by atoms with van der Waals surface area (Å²) in [6.07, 6.45) is 8.67. The summed E-state index contributed by atoms with van der Waals surface area (Å²) in [5.41, 5.74) is 0.727. The van der Waals surface area contributed by atoms with Crippen LogP contribution in [0.15, 0.2) is 36.4 Å². The number of nitrogens with zero attached hydrogens (tertiary/aromatic N) is 1. The zero-order chi connectivity index (χ0) is 13.6. The van der Waals surface area contributed by atoms with Crippen LogP contribution in [0.1, 0.15) is 26.3 Å². The first-order chi connectivity index (χ1) is 8.45. The van der Waals surface area contributed by atoms with Crippen LogP contribution in [0.5, 0.6) is 0 Å². The molecule has 2 heteroatoms. The van der Waals surface area contributed by atoms with Crippen molar-refractivity contribution in [2.75, 3.05) is 6.54 Å². The van der Waals surface area contributed by atoms with E-state index in [1.54, 1.807) is 17.1 Å². The Bertz CT molecular complexity index is 460. The first-order valence-corrected chi connectivity index (χ1v) is 5.93. The third-order valence-electron chi connectivity index (χ3n) is 2.54. The van der Waals surface area contributed by atoms with Gasteiger partial charge in [0.15, 0.2) is 0 Å². The van der Waals surface area contributed by atoms with Crippen LogP contribution in [-0.4, -0.2) is 22.9 Å². The Morgan fingerprint density at radius 1 is 1.33 bits per heavy atom. The molecule has 0 aliphatic carbocycles. The fourth-order valence-electron chi connectivity index (χ4n) is 1.56. The highest BCUT2D eigenvalue weighted by atomic mass is 16.2. The molecule has 18 heavy (non-hydrogen) atoms. The van der Waals surface area contributed by atoms with E-state index in [1.807, 2.05) is 51.1 Å². The van der Waals surface area contributed by atoms with E-state index in [2.05, 4.69) is 5.92 Å². The minimum absolute atomic E-state index is 0.0655. The van der Waals surface area contributed by atoms with Gasteiger partial charge in [-0.2, -0.15) is 0 Å². The zero-order valence-corrected chi connectivity index (χ0v) is 11.2. The fourth-order valence-corrected chi connectivity index (χ4v) is 1.56. The van der Waals surface area contributed by atoms with Gasteiger partial charge in [-0.05, 0) is 32.4 Å². The van der Waals surface area contributed by atoms with Crippen molar-refractivity contribution in [3.8, 4) is 12.3 Å². The topological polar surface area (TPSA) is 20.3 Å². The summed E-state index contributed by atoms with van der Waals surface area (Å²) in [5.74, 6) is 2.46. The van der Waals surface area contributed by atoms with Crippen molar-refractivity contribution in [1.29, 1.82) is 0 Å². The third kappa shape index (κ3) is 4.10. The average Bonchev–Trinajstić information content (AvgIpc) is 2.33. The highest BCUT2D eigenvalue weighted by Crippen LogP contribution is 2.13. The summed E-state index contributed by atoms with van der Waals surface area (Å²) in [5, 5.41) is 0. The maximum Gasteiger partial charge on any atom is 0.247 e. The monoisotopic (exact) mass is 241 g/mol. The van der Waals surface area contributed by atoms with Crippen molar-refractivity contribution in [1.82, 2.24) is 4.90 Å². The van der Waals surface area contributed by atoms with Gasteiger partial charge in [-0.25, -0.2) is 0 Å². The van der Waals surface area contributed by atoms with Crippen LogP contribution in [0.25, 0.3) is 6.08 Å². The van der Waals surface area contributed by atoms with Gasteiger partial charge >= 0.3 is 0 Å². The lowest BCUT2D eigenvalue weighted by molar-refractivity contribution is -0.129. The Morgan fingerprint density at radius 2 is 1.94 bits per heavy atom. The Hall–Kier alpha value is -2.01. The molecule has 2 nitrogen and oxygen atoms in total. The molecule has 0 heterocycles. The summed E-state index contributed by atoms with van der Waals surface area (Å²) < 4.78 is 0. The maximum atomic E-state index is 12.1. The Morgan fingerprint density at radius 3 is 2.44 bits per heavy atom. The minimum Gasteiger partial charge on any atom is -0.323 e. The molecule has 0 aliphatic rings. The highest BCUT2D eigenvalue weighted by Gasteiger charge is 2.23. The summed E-state index contributed by atoms with van der Waals surface area (Å²) in [4.78, 5) is 13.8. The predicted octanol–water partition coefficient (Wildman–Crippen LogP) is 2.96. The second kappa shape index (κ2) is 6.07. The highest BCUT2D eigenvalue weighted by molar-refractivity contribution is 5.92. The lowest BCUT2D eigenvalue weighted by Crippen LogP contribution is -2.45. The molecular weight excluding hydrogens is 222 g/mol. The van der Waals surface area contributed by atoms with Crippen LogP contribution in [0.4, 0.5) is 0 Å². The molecule has 0 aliphatic heterocycles.